The Morgan fingerprint density at radius 1 is 1.21 bits per heavy atom. The lowest BCUT2D eigenvalue weighted by molar-refractivity contribution is 0.942. The Hall–Kier alpha value is -1.41. The van der Waals surface area contributed by atoms with Gasteiger partial charge in [0.05, 0.1) is 0 Å². The van der Waals surface area contributed by atoms with Gasteiger partial charge in [-0.3, -0.25) is 0 Å². The van der Waals surface area contributed by atoms with Crippen LogP contribution in [0, 0.1) is 0 Å². The van der Waals surface area contributed by atoms with Crippen LogP contribution in [0.4, 0.5) is 5.82 Å². The molecular weight excluding hydrogens is 196 g/mol. The lowest BCUT2D eigenvalue weighted by atomic mass is 10.1. The predicted octanol–water partition coefficient (Wildman–Crippen LogP) is 2.93. The van der Waals surface area contributed by atoms with E-state index in [0.29, 0.717) is 0 Å². The third-order valence-electron chi connectivity index (χ3n) is 2.20. The summed E-state index contributed by atoms with van der Waals surface area (Å²) in [6, 6.07) is 9.67. The highest BCUT2D eigenvalue weighted by atomic mass is 35.5. The molecule has 1 aromatic carbocycles. The number of aromatic nitrogens is 1. The van der Waals surface area contributed by atoms with E-state index in [0.717, 1.165) is 22.0 Å². The van der Waals surface area contributed by atoms with Gasteiger partial charge in [-0.05, 0) is 23.8 Å². The summed E-state index contributed by atoms with van der Waals surface area (Å²) in [5, 5.41) is 0.741. The number of rotatable bonds is 1. The third kappa shape index (κ3) is 1.61. The second-order valence-electron chi connectivity index (χ2n) is 3.27. The SMILES string of the molecule is Cn1cc(-c2cccc(Cl)c2)cc1N. The highest BCUT2D eigenvalue weighted by molar-refractivity contribution is 6.30. The number of benzene rings is 1. The topological polar surface area (TPSA) is 30.9 Å². The van der Waals surface area contributed by atoms with Gasteiger partial charge in [0, 0.05) is 23.8 Å². The highest BCUT2D eigenvalue weighted by Gasteiger charge is 2.02. The first-order valence-electron chi connectivity index (χ1n) is 4.34. The minimum absolute atomic E-state index is 0.741. The van der Waals surface area contributed by atoms with E-state index in [1.54, 1.807) is 0 Å². The number of anilines is 1. The minimum atomic E-state index is 0.741. The van der Waals surface area contributed by atoms with E-state index in [-0.39, 0.29) is 0 Å². The van der Waals surface area contributed by atoms with E-state index < -0.39 is 0 Å². The number of aryl methyl sites for hydroxylation is 1. The first-order valence-corrected chi connectivity index (χ1v) is 4.72. The molecule has 0 spiro atoms. The molecule has 0 bridgehead atoms. The number of nitrogens with two attached hydrogens (primary N) is 1. The van der Waals surface area contributed by atoms with E-state index in [4.69, 9.17) is 17.3 Å². The van der Waals surface area contributed by atoms with Gasteiger partial charge < -0.3 is 10.3 Å². The molecule has 0 aliphatic carbocycles. The van der Waals surface area contributed by atoms with Crippen LogP contribution >= 0.6 is 11.6 Å². The smallest absolute Gasteiger partial charge is 0.103 e. The van der Waals surface area contributed by atoms with Crippen molar-refractivity contribution in [2.75, 3.05) is 5.73 Å². The van der Waals surface area contributed by atoms with Gasteiger partial charge in [-0.2, -0.15) is 0 Å². The van der Waals surface area contributed by atoms with Crippen LogP contribution < -0.4 is 5.73 Å². The summed E-state index contributed by atoms with van der Waals surface area (Å²) in [5.41, 5.74) is 7.92. The summed E-state index contributed by atoms with van der Waals surface area (Å²) < 4.78 is 1.89. The molecule has 72 valence electrons. The van der Waals surface area contributed by atoms with E-state index >= 15 is 0 Å². The van der Waals surface area contributed by atoms with Crippen LogP contribution in [0.3, 0.4) is 0 Å². The van der Waals surface area contributed by atoms with Crippen LogP contribution in [0.1, 0.15) is 0 Å². The van der Waals surface area contributed by atoms with E-state index in [1.165, 1.54) is 0 Å². The van der Waals surface area contributed by atoms with Crippen molar-refractivity contribution in [1.82, 2.24) is 4.57 Å². The van der Waals surface area contributed by atoms with E-state index in [9.17, 15) is 0 Å². The number of halogens is 1. The molecule has 2 nitrogen and oxygen atoms in total. The van der Waals surface area contributed by atoms with Gasteiger partial charge >= 0.3 is 0 Å². The van der Waals surface area contributed by atoms with Crippen LogP contribution in [-0.2, 0) is 7.05 Å². The molecule has 2 aromatic rings. The van der Waals surface area contributed by atoms with Gasteiger partial charge in [0.25, 0.3) is 0 Å². The monoisotopic (exact) mass is 206 g/mol. The van der Waals surface area contributed by atoms with Gasteiger partial charge in [-0.1, -0.05) is 23.7 Å². The van der Waals surface area contributed by atoms with Gasteiger partial charge in [0.2, 0.25) is 0 Å². The summed E-state index contributed by atoms with van der Waals surface area (Å²) in [6.45, 7) is 0. The van der Waals surface area contributed by atoms with Gasteiger partial charge in [0.1, 0.15) is 5.82 Å². The summed E-state index contributed by atoms with van der Waals surface area (Å²) in [4.78, 5) is 0. The van der Waals surface area contributed by atoms with Crippen molar-refractivity contribution in [2.45, 2.75) is 0 Å². The summed E-state index contributed by atoms with van der Waals surface area (Å²) in [7, 11) is 1.92. The van der Waals surface area contributed by atoms with Crippen LogP contribution in [-0.4, -0.2) is 4.57 Å². The largest absolute Gasteiger partial charge is 0.385 e. The summed E-state index contributed by atoms with van der Waals surface area (Å²) in [6.07, 6.45) is 1.99. The van der Waals surface area contributed by atoms with Crippen molar-refractivity contribution in [3.63, 3.8) is 0 Å². The molecule has 1 aromatic heterocycles. The fourth-order valence-electron chi connectivity index (χ4n) is 1.41. The van der Waals surface area contributed by atoms with Crippen LogP contribution in [0.25, 0.3) is 11.1 Å². The molecule has 2 N–H and O–H groups in total. The van der Waals surface area contributed by atoms with Crippen molar-refractivity contribution in [1.29, 1.82) is 0 Å². The summed E-state index contributed by atoms with van der Waals surface area (Å²) in [5.74, 6) is 0.750. The Bertz CT molecular complexity index is 441. The lowest BCUT2D eigenvalue weighted by Gasteiger charge is -1.97. The zero-order valence-electron chi connectivity index (χ0n) is 7.87. The second-order valence-corrected chi connectivity index (χ2v) is 3.71. The van der Waals surface area contributed by atoms with Crippen molar-refractivity contribution in [2.24, 2.45) is 7.05 Å². The van der Waals surface area contributed by atoms with Crippen molar-refractivity contribution in [3.05, 3.63) is 41.6 Å². The summed E-state index contributed by atoms with van der Waals surface area (Å²) >= 11 is 5.90. The van der Waals surface area contributed by atoms with E-state index in [1.807, 2.05) is 48.1 Å². The average Bonchev–Trinajstić information content (AvgIpc) is 2.47. The van der Waals surface area contributed by atoms with Crippen molar-refractivity contribution >= 4 is 17.4 Å². The molecule has 0 saturated carbocycles. The fourth-order valence-corrected chi connectivity index (χ4v) is 1.60. The normalized spacial score (nSPS) is 10.4. The standard InChI is InChI=1S/C11H11ClN2/c1-14-7-9(6-11(14)13)8-3-2-4-10(12)5-8/h2-7H,13H2,1H3. The maximum absolute atomic E-state index is 5.90. The Kier molecular flexibility index (Phi) is 2.22. The van der Waals surface area contributed by atoms with Crippen LogP contribution in [0.2, 0.25) is 5.02 Å². The molecule has 0 saturated heterocycles. The molecule has 0 unspecified atom stereocenters. The maximum atomic E-state index is 5.90. The maximum Gasteiger partial charge on any atom is 0.103 e. The lowest BCUT2D eigenvalue weighted by Crippen LogP contribution is -1.92. The van der Waals surface area contributed by atoms with Gasteiger partial charge in [-0.25, -0.2) is 0 Å². The average molecular weight is 207 g/mol. The van der Waals surface area contributed by atoms with Crippen LogP contribution in [0.15, 0.2) is 36.5 Å². The quantitative estimate of drug-likeness (QED) is 0.764. The molecule has 0 radical (unpaired) electrons. The van der Waals surface area contributed by atoms with Gasteiger partial charge in [-0.15, -0.1) is 0 Å². The van der Waals surface area contributed by atoms with E-state index in [2.05, 4.69) is 0 Å². The Balaban J connectivity index is 2.49. The molecule has 14 heavy (non-hydrogen) atoms. The predicted molar refractivity (Wildman–Crippen MR) is 60.3 cm³/mol. The van der Waals surface area contributed by atoms with Crippen molar-refractivity contribution < 1.29 is 0 Å². The number of hydrogen-bond donors (Lipinski definition) is 1. The Labute approximate surface area is 87.9 Å². The second kappa shape index (κ2) is 3.39. The Morgan fingerprint density at radius 2 is 2.00 bits per heavy atom. The zero-order chi connectivity index (χ0) is 10.1. The molecule has 0 amide bonds. The first-order chi connectivity index (χ1) is 6.66. The first kappa shape index (κ1) is 9.16. The zero-order valence-corrected chi connectivity index (χ0v) is 8.62. The minimum Gasteiger partial charge on any atom is -0.385 e. The number of hydrogen-bond acceptors (Lipinski definition) is 1. The molecule has 2 rings (SSSR count). The van der Waals surface area contributed by atoms with Gasteiger partial charge in [0.15, 0.2) is 0 Å². The van der Waals surface area contributed by atoms with Crippen molar-refractivity contribution in [3.8, 4) is 11.1 Å². The highest BCUT2D eigenvalue weighted by Crippen LogP contribution is 2.25. The molecule has 0 aliphatic rings. The molecule has 1 heterocycles. The molecule has 0 atom stereocenters. The molecular formula is C11H11ClN2. The molecule has 0 aliphatic heterocycles. The third-order valence-corrected chi connectivity index (χ3v) is 2.44. The fraction of sp³-hybridized carbons (Fsp3) is 0.0909. The molecule has 3 heteroatoms. The van der Waals surface area contributed by atoms with Crippen LogP contribution in [0.5, 0.6) is 0 Å². The number of nitrogens with zero attached hydrogens (tertiary/aromatic N) is 1. The molecule has 0 fully saturated rings. The number of nitrogen functional groups attached to an aromatic ring is 1. The Morgan fingerprint density at radius 3 is 2.57 bits per heavy atom.